The van der Waals surface area contributed by atoms with Crippen molar-refractivity contribution in [3.8, 4) is 5.88 Å². The highest BCUT2D eigenvalue weighted by atomic mass is 16.5. The van der Waals surface area contributed by atoms with E-state index in [-0.39, 0.29) is 0 Å². The molecule has 1 heterocycles. The highest BCUT2D eigenvalue weighted by Gasteiger charge is 1.98. The van der Waals surface area contributed by atoms with E-state index in [9.17, 15) is 0 Å². The molecule has 4 nitrogen and oxygen atoms in total. The lowest BCUT2D eigenvalue weighted by molar-refractivity contribution is 0.185. The molecule has 2 rings (SSSR count). The van der Waals surface area contributed by atoms with Gasteiger partial charge in [-0.1, -0.05) is 24.3 Å². The summed E-state index contributed by atoms with van der Waals surface area (Å²) >= 11 is 0. The van der Waals surface area contributed by atoms with Gasteiger partial charge in [-0.25, -0.2) is 4.98 Å². The Labute approximate surface area is 119 Å². The SMILES string of the molecule is CCOc1ccc(NCc2cccc(COC)c2)cn1. The van der Waals surface area contributed by atoms with Crippen LogP contribution in [0.5, 0.6) is 5.88 Å². The van der Waals surface area contributed by atoms with Gasteiger partial charge in [-0.05, 0) is 24.1 Å². The number of nitrogens with zero attached hydrogens (tertiary/aromatic N) is 1. The quantitative estimate of drug-likeness (QED) is 0.840. The van der Waals surface area contributed by atoms with Crippen molar-refractivity contribution >= 4 is 5.69 Å². The first-order chi connectivity index (χ1) is 9.81. The molecule has 0 saturated carbocycles. The summed E-state index contributed by atoms with van der Waals surface area (Å²) in [6.07, 6.45) is 1.78. The Morgan fingerprint density at radius 3 is 2.70 bits per heavy atom. The molecule has 0 saturated heterocycles. The number of anilines is 1. The molecular weight excluding hydrogens is 252 g/mol. The number of nitrogens with one attached hydrogen (secondary N) is 1. The van der Waals surface area contributed by atoms with Crippen LogP contribution in [0.4, 0.5) is 5.69 Å². The monoisotopic (exact) mass is 272 g/mol. The molecule has 4 heteroatoms. The lowest BCUT2D eigenvalue weighted by atomic mass is 10.1. The Morgan fingerprint density at radius 2 is 2.00 bits per heavy atom. The fraction of sp³-hybridized carbons (Fsp3) is 0.312. The van der Waals surface area contributed by atoms with Crippen LogP contribution < -0.4 is 10.1 Å². The topological polar surface area (TPSA) is 43.4 Å². The number of rotatable bonds is 7. The van der Waals surface area contributed by atoms with E-state index in [4.69, 9.17) is 9.47 Å². The molecule has 0 aliphatic heterocycles. The van der Waals surface area contributed by atoms with Gasteiger partial charge in [0.15, 0.2) is 0 Å². The van der Waals surface area contributed by atoms with E-state index in [0.717, 1.165) is 12.2 Å². The standard InChI is InChI=1S/C16H20N2O2/c1-3-20-16-8-7-15(11-18-16)17-10-13-5-4-6-14(9-13)12-19-2/h4-9,11,17H,3,10,12H2,1-2H3. The third-order valence-electron chi connectivity index (χ3n) is 2.83. The van der Waals surface area contributed by atoms with Crippen LogP contribution in [0, 0.1) is 0 Å². The average molecular weight is 272 g/mol. The molecule has 106 valence electrons. The number of aromatic nitrogens is 1. The summed E-state index contributed by atoms with van der Waals surface area (Å²) in [5, 5.41) is 3.34. The third-order valence-corrected chi connectivity index (χ3v) is 2.83. The molecule has 0 bridgehead atoms. The molecule has 0 aliphatic carbocycles. The van der Waals surface area contributed by atoms with Gasteiger partial charge in [0.05, 0.1) is 25.1 Å². The molecular formula is C16H20N2O2. The van der Waals surface area contributed by atoms with Crippen molar-refractivity contribution in [3.63, 3.8) is 0 Å². The maximum absolute atomic E-state index is 5.31. The Balaban J connectivity index is 1.92. The van der Waals surface area contributed by atoms with E-state index in [1.165, 1.54) is 11.1 Å². The molecule has 1 aromatic carbocycles. The molecule has 0 radical (unpaired) electrons. The summed E-state index contributed by atoms with van der Waals surface area (Å²) in [5.41, 5.74) is 3.37. The second-order valence-electron chi connectivity index (χ2n) is 4.42. The zero-order valence-electron chi connectivity index (χ0n) is 11.9. The Morgan fingerprint density at radius 1 is 1.15 bits per heavy atom. The molecule has 20 heavy (non-hydrogen) atoms. The summed E-state index contributed by atoms with van der Waals surface area (Å²) in [4.78, 5) is 4.22. The molecule has 0 aliphatic rings. The predicted molar refractivity (Wildman–Crippen MR) is 79.9 cm³/mol. The molecule has 1 N–H and O–H groups in total. The number of hydrogen-bond acceptors (Lipinski definition) is 4. The Kier molecular flexibility index (Phi) is 5.38. The normalized spacial score (nSPS) is 10.3. The van der Waals surface area contributed by atoms with E-state index in [0.29, 0.717) is 19.1 Å². The fourth-order valence-electron chi connectivity index (χ4n) is 1.92. The van der Waals surface area contributed by atoms with E-state index in [1.807, 2.05) is 25.1 Å². The van der Waals surface area contributed by atoms with Gasteiger partial charge in [0, 0.05) is 19.7 Å². The molecule has 1 aromatic heterocycles. The lowest BCUT2D eigenvalue weighted by Gasteiger charge is -2.08. The van der Waals surface area contributed by atoms with Crippen molar-refractivity contribution in [1.82, 2.24) is 4.98 Å². The fourth-order valence-corrected chi connectivity index (χ4v) is 1.92. The molecule has 0 fully saturated rings. The van der Waals surface area contributed by atoms with Gasteiger partial charge in [-0.2, -0.15) is 0 Å². The maximum Gasteiger partial charge on any atom is 0.213 e. The maximum atomic E-state index is 5.31. The second-order valence-corrected chi connectivity index (χ2v) is 4.42. The van der Waals surface area contributed by atoms with E-state index in [2.05, 4.69) is 28.5 Å². The van der Waals surface area contributed by atoms with Crippen LogP contribution in [-0.2, 0) is 17.9 Å². The molecule has 0 spiro atoms. The molecule has 0 atom stereocenters. The first-order valence-corrected chi connectivity index (χ1v) is 6.71. The number of ether oxygens (including phenoxy) is 2. The van der Waals surface area contributed by atoms with Crippen molar-refractivity contribution in [2.45, 2.75) is 20.1 Å². The van der Waals surface area contributed by atoms with Crippen LogP contribution >= 0.6 is 0 Å². The minimum atomic E-state index is 0.631. The third kappa shape index (κ3) is 4.24. The van der Waals surface area contributed by atoms with Crippen LogP contribution in [0.1, 0.15) is 18.1 Å². The van der Waals surface area contributed by atoms with Gasteiger partial charge in [0.25, 0.3) is 0 Å². The average Bonchev–Trinajstić information content (AvgIpc) is 2.48. The van der Waals surface area contributed by atoms with Crippen molar-refractivity contribution < 1.29 is 9.47 Å². The van der Waals surface area contributed by atoms with Gasteiger partial charge in [0.2, 0.25) is 5.88 Å². The van der Waals surface area contributed by atoms with Crippen LogP contribution in [0.3, 0.4) is 0 Å². The van der Waals surface area contributed by atoms with Gasteiger partial charge in [-0.15, -0.1) is 0 Å². The first kappa shape index (κ1) is 14.3. The number of pyridine rings is 1. The van der Waals surface area contributed by atoms with Gasteiger partial charge in [0.1, 0.15) is 0 Å². The smallest absolute Gasteiger partial charge is 0.213 e. The molecule has 0 amide bonds. The number of hydrogen-bond donors (Lipinski definition) is 1. The van der Waals surface area contributed by atoms with Crippen molar-refractivity contribution in [1.29, 1.82) is 0 Å². The minimum Gasteiger partial charge on any atom is -0.478 e. The first-order valence-electron chi connectivity index (χ1n) is 6.71. The van der Waals surface area contributed by atoms with Crippen molar-refractivity contribution in [2.75, 3.05) is 19.0 Å². The zero-order chi connectivity index (χ0) is 14.2. The van der Waals surface area contributed by atoms with E-state index < -0.39 is 0 Å². The summed E-state index contributed by atoms with van der Waals surface area (Å²) in [7, 11) is 1.70. The van der Waals surface area contributed by atoms with Gasteiger partial charge < -0.3 is 14.8 Å². The van der Waals surface area contributed by atoms with Crippen molar-refractivity contribution in [3.05, 3.63) is 53.7 Å². The summed E-state index contributed by atoms with van der Waals surface area (Å²) in [6.45, 7) is 3.97. The van der Waals surface area contributed by atoms with E-state index in [1.54, 1.807) is 13.3 Å². The Hall–Kier alpha value is -2.07. The predicted octanol–water partition coefficient (Wildman–Crippen LogP) is 3.24. The van der Waals surface area contributed by atoms with Crippen LogP contribution in [0.15, 0.2) is 42.6 Å². The molecule has 2 aromatic rings. The second kappa shape index (κ2) is 7.50. The van der Waals surface area contributed by atoms with Crippen LogP contribution in [0.2, 0.25) is 0 Å². The number of benzene rings is 1. The largest absolute Gasteiger partial charge is 0.478 e. The van der Waals surface area contributed by atoms with Crippen LogP contribution in [0.25, 0.3) is 0 Å². The summed E-state index contributed by atoms with van der Waals surface area (Å²) < 4.78 is 10.5. The summed E-state index contributed by atoms with van der Waals surface area (Å²) in [5.74, 6) is 0.653. The van der Waals surface area contributed by atoms with E-state index >= 15 is 0 Å². The molecule has 0 unspecified atom stereocenters. The highest BCUT2D eigenvalue weighted by molar-refractivity contribution is 5.43. The summed E-state index contributed by atoms with van der Waals surface area (Å²) in [6, 6.07) is 12.2. The van der Waals surface area contributed by atoms with Crippen LogP contribution in [-0.4, -0.2) is 18.7 Å². The van der Waals surface area contributed by atoms with Gasteiger partial charge >= 0.3 is 0 Å². The number of methoxy groups -OCH3 is 1. The Bertz CT molecular complexity index is 526. The van der Waals surface area contributed by atoms with Gasteiger partial charge in [-0.3, -0.25) is 0 Å². The zero-order valence-corrected chi connectivity index (χ0v) is 11.9. The highest BCUT2D eigenvalue weighted by Crippen LogP contribution is 2.13. The minimum absolute atomic E-state index is 0.631. The lowest BCUT2D eigenvalue weighted by Crippen LogP contribution is -2.01. The van der Waals surface area contributed by atoms with Crippen molar-refractivity contribution in [2.24, 2.45) is 0 Å².